The number of hydrogen-bond acceptors (Lipinski definition) is 3. The van der Waals surface area contributed by atoms with Gasteiger partial charge in [0.1, 0.15) is 12.4 Å². The highest BCUT2D eigenvalue weighted by molar-refractivity contribution is 5.88. The Morgan fingerprint density at radius 1 is 0.964 bits per heavy atom. The van der Waals surface area contributed by atoms with Crippen molar-refractivity contribution < 1.29 is 9.84 Å². The molecular weight excluding hydrogens is 350 g/mol. The van der Waals surface area contributed by atoms with Crippen LogP contribution >= 0.6 is 0 Å². The van der Waals surface area contributed by atoms with Gasteiger partial charge >= 0.3 is 0 Å². The van der Waals surface area contributed by atoms with Gasteiger partial charge in [-0.2, -0.15) is 0 Å². The van der Waals surface area contributed by atoms with Crippen LogP contribution in [0.4, 0.5) is 0 Å². The van der Waals surface area contributed by atoms with Crippen molar-refractivity contribution in [1.82, 2.24) is 10.6 Å². The van der Waals surface area contributed by atoms with Gasteiger partial charge in [0.25, 0.3) is 0 Å². The second-order valence-corrected chi connectivity index (χ2v) is 6.50. The first-order valence-corrected chi connectivity index (χ1v) is 9.52. The SMILES string of the molecule is CN=C(NCCOc1cccc2ccccc12)NCC(CO)c1ccccc1. The summed E-state index contributed by atoms with van der Waals surface area (Å²) in [6, 6.07) is 24.2. The second-order valence-electron chi connectivity index (χ2n) is 6.50. The molecule has 0 aliphatic heterocycles. The topological polar surface area (TPSA) is 65.9 Å². The lowest BCUT2D eigenvalue weighted by molar-refractivity contribution is 0.265. The number of nitrogens with zero attached hydrogens (tertiary/aromatic N) is 1. The zero-order valence-corrected chi connectivity index (χ0v) is 16.1. The lowest BCUT2D eigenvalue weighted by Gasteiger charge is -2.18. The van der Waals surface area contributed by atoms with Gasteiger partial charge in [-0.15, -0.1) is 0 Å². The Bertz CT molecular complexity index is 891. The fourth-order valence-electron chi connectivity index (χ4n) is 3.11. The molecule has 0 spiro atoms. The summed E-state index contributed by atoms with van der Waals surface area (Å²) in [5.74, 6) is 1.59. The molecule has 0 aliphatic carbocycles. The van der Waals surface area contributed by atoms with Crippen molar-refractivity contribution in [2.24, 2.45) is 4.99 Å². The molecule has 0 amide bonds. The molecule has 1 atom stereocenters. The number of nitrogens with one attached hydrogen (secondary N) is 2. The average Bonchev–Trinajstić information content (AvgIpc) is 2.76. The Morgan fingerprint density at radius 2 is 1.71 bits per heavy atom. The summed E-state index contributed by atoms with van der Waals surface area (Å²) in [7, 11) is 1.73. The van der Waals surface area contributed by atoms with E-state index in [-0.39, 0.29) is 12.5 Å². The van der Waals surface area contributed by atoms with E-state index in [9.17, 15) is 5.11 Å². The quantitative estimate of drug-likeness (QED) is 0.321. The molecule has 0 aliphatic rings. The minimum absolute atomic E-state index is 0.0201. The molecule has 0 saturated carbocycles. The van der Waals surface area contributed by atoms with Crippen LogP contribution in [-0.4, -0.2) is 44.4 Å². The number of aliphatic hydroxyl groups is 1. The summed E-state index contributed by atoms with van der Waals surface area (Å²) in [6.07, 6.45) is 0. The highest BCUT2D eigenvalue weighted by Crippen LogP contribution is 2.24. The first-order chi connectivity index (χ1) is 13.8. The Kier molecular flexibility index (Phi) is 7.27. The Hall–Kier alpha value is -3.05. The minimum atomic E-state index is 0.0201. The fraction of sp³-hybridized carbons (Fsp3) is 0.261. The van der Waals surface area contributed by atoms with E-state index < -0.39 is 0 Å². The monoisotopic (exact) mass is 377 g/mol. The highest BCUT2D eigenvalue weighted by atomic mass is 16.5. The van der Waals surface area contributed by atoms with E-state index in [1.165, 1.54) is 5.39 Å². The molecule has 0 bridgehead atoms. The maximum atomic E-state index is 9.67. The molecule has 5 nitrogen and oxygen atoms in total. The van der Waals surface area contributed by atoms with Crippen LogP contribution in [0.5, 0.6) is 5.75 Å². The third kappa shape index (κ3) is 5.24. The number of rotatable bonds is 8. The highest BCUT2D eigenvalue weighted by Gasteiger charge is 2.10. The average molecular weight is 377 g/mol. The summed E-state index contributed by atoms with van der Waals surface area (Å²) in [5, 5.41) is 18.5. The molecule has 0 aromatic heterocycles. The maximum Gasteiger partial charge on any atom is 0.191 e. The van der Waals surface area contributed by atoms with Crippen LogP contribution in [0.25, 0.3) is 10.8 Å². The predicted molar refractivity (Wildman–Crippen MR) is 115 cm³/mol. The number of guanidine groups is 1. The van der Waals surface area contributed by atoms with Crippen LogP contribution in [0.3, 0.4) is 0 Å². The zero-order valence-electron chi connectivity index (χ0n) is 16.1. The van der Waals surface area contributed by atoms with Crippen molar-refractivity contribution in [1.29, 1.82) is 0 Å². The van der Waals surface area contributed by atoms with Crippen molar-refractivity contribution in [3.8, 4) is 5.75 Å². The smallest absolute Gasteiger partial charge is 0.191 e. The van der Waals surface area contributed by atoms with Crippen LogP contribution in [0.2, 0.25) is 0 Å². The predicted octanol–water partition coefficient (Wildman–Crippen LogP) is 3.16. The standard InChI is InChI=1S/C23H27N3O2/c1-24-23(26-16-20(17-27)18-8-3-2-4-9-18)25-14-15-28-22-13-7-11-19-10-5-6-12-21(19)22/h2-13,20,27H,14-17H2,1H3,(H2,24,25,26). The lowest BCUT2D eigenvalue weighted by atomic mass is 10.0. The molecule has 0 saturated heterocycles. The normalized spacial score (nSPS) is 12.6. The Labute approximate surface area is 166 Å². The van der Waals surface area contributed by atoms with E-state index in [2.05, 4.69) is 33.8 Å². The van der Waals surface area contributed by atoms with Gasteiger partial charge in [-0.25, -0.2) is 0 Å². The van der Waals surface area contributed by atoms with Gasteiger partial charge in [-0.05, 0) is 17.0 Å². The van der Waals surface area contributed by atoms with Gasteiger partial charge < -0.3 is 20.5 Å². The van der Waals surface area contributed by atoms with Crippen molar-refractivity contribution in [2.75, 3.05) is 33.4 Å². The molecule has 3 aromatic rings. The minimum Gasteiger partial charge on any atom is -0.491 e. The molecule has 0 radical (unpaired) electrons. The van der Waals surface area contributed by atoms with Crippen LogP contribution in [0, 0.1) is 0 Å². The van der Waals surface area contributed by atoms with E-state index in [1.54, 1.807) is 7.05 Å². The first kappa shape index (κ1) is 19.7. The van der Waals surface area contributed by atoms with Crippen LogP contribution in [0.15, 0.2) is 77.8 Å². The molecule has 1 unspecified atom stereocenters. The van der Waals surface area contributed by atoms with Gasteiger partial charge in [-0.1, -0.05) is 66.7 Å². The molecular formula is C23H27N3O2. The molecule has 0 fully saturated rings. The second kappa shape index (κ2) is 10.3. The third-order valence-electron chi connectivity index (χ3n) is 4.63. The number of fused-ring (bicyclic) bond motifs is 1. The fourth-order valence-corrected chi connectivity index (χ4v) is 3.11. The summed E-state index contributed by atoms with van der Waals surface area (Å²) in [5.41, 5.74) is 1.10. The van der Waals surface area contributed by atoms with E-state index in [0.717, 1.165) is 16.7 Å². The largest absolute Gasteiger partial charge is 0.491 e. The number of benzene rings is 3. The van der Waals surface area contributed by atoms with Gasteiger partial charge in [0.2, 0.25) is 0 Å². The molecule has 3 aromatic carbocycles. The number of ether oxygens (including phenoxy) is 1. The summed E-state index contributed by atoms with van der Waals surface area (Å²) < 4.78 is 5.94. The van der Waals surface area contributed by atoms with Gasteiger partial charge in [-0.3, -0.25) is 4.99 Å². The molecule has 28 heavy (non-hydrogen) atoms. The Balaban J connectivity index is 1.46. The van der Waals surface area contributed by atoms with E-state index in [4.69, 9.17) is 4.74 Å². The van der Waals surface area contributed by atoms with E-state index in [1.807, 2.05) is 54.6 Å². The van der Waals surface area contributed by atoms with Crippen molar-refractivity contribution in [2.45, 2.75) is 5.92 Å². The van der Waals surface area contributed by atoms with Crippen molar-refractivity contribution >= 4 is 16.7 Å². The third-order valence-corrected chi connectivity index (χ3v) is 4.63. The van der Waals surface area contributed by atoms with Crippen molar-refractivity contribution in [3.63, 3.8) is 0 Å². The molecule has 3 N–H and O–H groups in total. The maximum absolute atomic E-state index is 9.67. The van der Waals surface area contributed by atoms with Gasteiger partial charge in [0.15, 0.2) is 5.96 Å². The number of aliphatic imine (C=N–C) groups is 1. The molecule has 146 valence electrons. The van der Waals surface area contributed by atoms with Crippen molar-refractivity contribution in [3.05, 3.63) is 78.4 Å². The lowest BCUT2D eigenvalue weighted by Crippen LogP contribution is -2.41. The van der Waals surface area contributed by atoms with Gasteiger partial charge in [0, 0.05) is 24.9 Å². The molecule has 3 rings (SSSR count). The number of aliphatic hydroxyl groups excluding tert-OH is 1. The molecule has 5 heteroatoms. The Morgan fingerprint density at radius 3 is 2.50 bits per heavy atom. The van der Waals surface area contributed by atoms with Gasteiger partial charge in [0.05, 0.1) is 13.2 Å². The first-order valence-electron chi connectivity index (χ1n) is 9.52. The molecule has 0 heterocycles. The summed E-state index contributed by atoms with van der Waals surface area (Å²) in [4.78, 5) is 4.24. The van der Waals surface area contributed by atoms with E-state index in [0.29, 0.717) is 25.7 Å². The van der Waals surface area contributed by atoms with Crippen LogP contribution in [-0.2, 0) is 0 Å². The number of hydrogen-bond donors (Lipinski definition) is 3. The summed E-state index contributed by atoms with van der Waals surface area (Å²) >= 11 is 0. The van der Waals surface area contributed by atoms with Crippen LogP contribution in [0.1, 0.15) is 11.5 Å². The van der Waals surface area contributed by atoms with E-state index >= 15 is 0 Å². The van der Waals surface area contributed by atoms with Crippen LogP contribution < -0.4 is 15.4 Å². The summed E-state index contributed by atoms with van der Waals surface area (Å²) in [6.45, 7) is 1.83. The zero-order chi connectivity index (χ0) is 19.6.